The van der Waals surface area contributed by atoms with Gasteiger partial charge in [-0.15, -0.1) is 0 Å². The highest BCUT2D eigenvalue weighted by atomic mass is 19.1. The lowest BCUT2D eigenvalue weighted by atomic mass is 9.98. The van der Waals surface area contributed by atoms with E-state index in [9.17, 15) is 9.18 Å². The van der Waals surface area contributed by atoms with Crippen LogP contribution in [0.2, 0.25) is 0 Å². The van der Waals surface area contributed by atoms with Gasteiger partial charge in [-0.25, -0.2) is 4.39 Å². The molecule has 1 N–H and O–H groups in total. The van der Waals surface area contributed by atoms with Crippen molar-refractivity contribution in [3.8, 4) is 11.6 Å². The Morgan fingerprint density at radius 3 is 2.69 bits per heavy atom. The SMILES string of the molecule is CC[C@H](C)[C@H](NC(=O)Cc1ccc(F)cc1)c1nc(-c2ccco2)no1. The first-order valence-electron chi connectivity index (χ1n) is 8.48. The van der Waals surface area contributed by atoms with Gasteiger partial charge < -0.3 is 14.3 Å². The van der Waals surface area contributed by atoms with Crippen LogP contribution in [0.25, 0.3) is 11.6 Å². The molecule has 26 heavy (non-hydrogen) atoms. The van der Waals surface area contributed by atoms with Crippen LogP contribution in [-0.4, -0.2) is 16.0 Å². The molecule has 0 aliphatic rings. The zero-order chi connectivity index (χ0) is 18.5. The van der Waals surface area contributed by atoms with Gasteiger partial charge in [0.15, 0.2) is 5.76 Å². The van der Waals surface area contributed by atoms with Crippen LogP contribution >= 0.6 is 0 Å². The van der Waals surface area contributed by atoms with Gasteiger partial charge >= 0.3 is 0 Å². The van der Waals surface area contributed by atoms with E-state index in [1.807, 2.05) is 13.8 Å². The summed E-state index contributed by atoms with van der Waals surface area (Å²) in [6, 6.07) is 8.92. The molecule has 2 atom stereocenters. The predicted molar refractivity (Wildman–Crippen MR) is 92.4 cm³/mol. The minimum Gasteiger partial charge on any atom is -0.461 e. The van der Waals surface area contributed by atoms with Crippen molar-refractivity contribution in [1.29, 1.82) is 0 Å². The summed E-state index contributed by atoms with van der Waals surface area (Å²) < 4.78 is 23.6. The second-order valence-electron chi connectivity index (χ2n) is 6.17. The van der Waals surface area contributed by atoms with Gasteiger partial charge in [-0.05, 0) is 35.7 Å². The standard InChI is InChI=1S/C19H20FN3O3/c1-3-12(2)17(19-22-18(23-26-19)15-5-4-10-25-15)21-16(24)11-13-6-8-14(20)9-7-13/h4-10,12,17H,3,11H2,1-2H3,(H,21,24)/t12-,17-/m0/s1. The maximum absolute atomic E-state index is 13.0. The molecule has 7 heteroatoms. The van der Waals surface area contributed by atoms with Gasteiger partial charge in [-0.1, -0.05) is 37.6 Å². The number of hydrogen-bond acceptors (Lipinski definition) is 5. The molecule has 3 rings (SSSR count). The van der Waals surface area contributed by atoms with Crippen molar-refractivity contribution in [1.82, 2.24) is 15.5 Å². The number of furan rings is 1. The van der Waals surface area contributed by atoms with Gasteiger partial charge in [0.25, 0.3) is 0 Å². The van der Waals surface area contributed by atoms with Crippen molar-refractivity contribution in [2.45, 2.75) is 32.7 Å². The Balaban J connectivity index is 1.74. The van der Waals surface area contributed by atoms with Crippen molar-refractivity contribution >= 4 is 5.91 Å². The molecule has 2 heterocycles. The van der Waals surface area contributed by atoms with E-state index in [0.717, 1.165) is 12.0 Å². The maximum Gasteiger partial charge on any atom is 0.249 e. The molecule has 3 aromatic rings. The highest BCUT2D eigenvalue weighted by molar-refractivity contribution is 5.78. The van der Waals surface area contributed by atoms with E-state index in [-0.39, 0.29) is 24.1 Å². The van der Waals surface area contributed by atoms with Crippen molar-refractivity contribution in [2.75, 3.05) is 0 Å². The minimum absolute atomic E-state index is 0.0945. The molecule has 6 nitrogen and oxygen atoms in total. The maximum atomic E-state index is 13.0. The summed E-state index contributed by atoms with van der Waals surface area (Å²) in [6.45, 7) is 4.02. The van der Waals surface area contributed by atoms with Crippen LogP contribution in [0.4, 0.5) is 4.39 Å². The summed E-state index contributed by atoms with van der Waals surface area (Å²) in [5.74, 6) is 0.740. The Morgan fingerprint density at radius 1 is 1.27 bits per heavy atom. The fraction of sp³-hybridized carbons (Fsp3) is 0.316. The predicted octanol–water partition coefficient (Wildman–Crippen LogP) is 3.91. The number of hydrogen-bond donors (Lipinski definition) is 1. The van der Waals surface area contributed by atoms with Crippen LogP contribution < -0.4 is 5.32 Å². The molecule has 0 unspecified atom stereocenters. The van der Waals surface area contributed by atoms with Gasteiger partial charge in [-0.2, -0.15) is 4.98 Å². The Bertz CT molecular complexity index is 843. The van der Waals surface area contributed by atoms with Crippen molar-refractivity contribution < 1.29 is 18.1 Å². The van der Waals surface area contributed by atoms with Gasteiger partial charge in [0, 0.05) is 0 Å². The molecule has 0 bridgehead atoms. The summed E-state index contributed by atoms with van der Waals surface area (Å²) >= 11 is 0. The third-order valence-electron chi connectivity index (χ3n) is 4.26. The molecule has 0 saturated heterocycles. The van der Waals surface area contributed by atoms with E-state index < -0.39 is 6.04 Å². The van der Waals surface area contributed by atoms with Crippen LogP contribution in [0.1, 0.15) is 37.8 Å². The Labute approximate surface area is 150 Å². The highest BCUT2D eigenvalue weighted by Crippen LogP contribution is 2.26. The normalized spacial score (nSPS) is 13.3. The highest BCUT2D eigenvalue weighted by Gasteiger charge is 2.26. The lowest BCUT2D eigenvalue weighted by Crippen LogP contribution is -2.33. The smallest absolute Gasteiger partial charge is 0.249 e. The summed E-state index contributed by atoms with van der Waals surface area (Å²) in [5, 5.41) is 6.87. The summed E-state index contributed by atoms with van der Waals surface area (Å²) in [7, 11) is 0. The molecule has 0 fully saturated rings. The number of halogens is 1. The number of benzene rings is 1. The second kappa shape index (κ2) is 7.95. The average molecular weight is 357 g/mol. The quantitative estimate of drug-likeness (QED) is 0.693. The lowest BCUT2D eigenvalue weighted by molar-refractivity contribution is -0.121. The fourth-order valence-corrected chi connectivity index (χ4v) is 2.56. The molecule has 1 aromatic carbocycles. The Morgan fingerprint density at radius 2 is 2.04 bits per heavy atom. The molecule has 0 radical (unpaired) electrons. The molecule has 136 valence electrons. The van der Waals surface area contributed by atoms with Crippen LogP contribution in [0.15, 0.2) is 51.6 Å². The molecule has 0 spiro atoms. The monoisotopic (exact) mass is 357 g/mol. The summed E-state index contributed by atoms with van der Waals surface area (Å²) in [5.41, 5.74) is 0.730. The average Bonchev–Trinajstić information content (AvgIpc) is 3.32. The zero-order valence-corrected chi connectivity index (χ0v) is 14.6. The van der Waals surface area contributed by atoms with Gasteiger partial charge in [0.05, 0.1) is 12.7 Å². The molecular weight excluding hydrogens is 337 g/mol. The summed E-state index contributed by atoms with van der Waals surface area (Å²) in [6.07, 6.45) is 2.49. The fourth-order valence-electron chi connectivity index (χ4n) is 2.56. The number of rotatable bonds is 7. The van der Waals surface area contributed by atoms with E-state index in [1.54, 1.807) is 24.3 Å². The number of aromatic nitrogens is 2. The topological polar surface area (TPSA) is 81.2 Å². The Hall–Kier alpha value is -2.96. The third-order valence-corrected chi connectivity index (χ3v) is 4.26. The van der Waals surface area contributed by atoms with Crippen molar-refractivity contribution in [3.63, 3.8) is 0 Å². The van der Waals surface area contributed by atoms with Crippen LogP contribution in [-0.2, 0) is 11.2 Å². The van der Waals surface area contributed by atoms with Gasteiger partial charge in [0.2, 0.25) is 17.6 Å². The second-order valence-corrected chi connectivity index (χ2v) is 6.17. The summed E-state index contributed by atoms with van der Waals surface area (Å²) in [4.78, 5) is 16.8. The first-order valence-corrected chi connectivity index (χ1v) is 8.48. The first kappa shape index (κ1) is 17.8. The van der Waals surface area contributed by atoms with E-state index in [4.69, 9.17) is 8.94 Å². The van der Waals surface area contributed by atoms with E-state index >= 15 is 0 Å². The number of amides is 1. The molecule has 2 aromatic heterocycles. The number of nitrogens with zero attached hydrogens (tertiary/aromatic N) is 2. The Kier molecular flexibility index (Phi) is 5.46. The number of carbonyl (C=O) groups is 1. The van der Waals surface area contributed by atoms with E-state index in [2.05, 4.69) is 15.5 Å². The van der Waals surface area contributed by atoms with Gasteiger partial charge in [-0.3, -0.25) is 4.79 Å². The van der Waals surface area contributed by atoms with Crippen LogP contribution in [0.3, 0.4) is 0 Å². The number of carbonyl (C=O) groups excluding carboxylic acids is 1. The van der Waals surface area contributed by atoms with E-state index in [1.165, 1.54) is 18.4 Å². The molecule has 0 saturated carbocycles. The molecular formula is C19H20FN3O3. The number of nitrogens with one attached hydrogen (secondary N) is 1. The van der Waals surface area contributed by atoms with Gasteiger partial charge in [0.1, 0.15) is 11.9 Å². The largest absolute Gasteiger partial charge is 0.461 e. The zero-order valence-electron chi connectivity index (χ0n) is 14.6. The van der Waals surface area contributed by atoms with Crippen LogP contribution in [0, 0.1) is 11.7 Å². The first-order chi connectivity index (χ1) is 12.6. The van der Waals surface area contributed by atoms with Crippen molar-refractivity contribution in [3.05, 3.63) is 59.9 Å². The molecule has 1 amide bonds. The molecule has 0 aliphatic heterocycles. The van der Waals surface area contributed by atoms with Crippen LogP contribution in [0.5, 0.6) is 0 Å². The van der Waals surface area contributed by atoms with E-state index in [0.29, 0.717) is 17.5 Å². The van der Waals surface area contributed by atoms with Crippen molar-refractivity contribution in [2.24, 2.45) is 5.92 Å². The third kappa shape index (κ3) is 4.17. The minimum atomic E-state index is -0.413. The lowest BCUT2D eigenvalue weighted by Gasteiger charge is -2.20. The molecule has 0 aliphatic carbocycles.